The van der Waals surface area contributed by atoms with E-state index in [1.807, 2.05) is 19.1 Å². The van der Waals surface area contributed by atoms with Gasteiger partial charge in [-0.05, 0) is 19.1 Å². The van der Waals surface area contributed by atoms with E-state index < -0.39 is 4.92 Å². The van der Waals surface area contributed by atoms with Crippen molar-refractivity contribution >= 4 is 11.6 Å². The lowest BCUT2D eigenvalue weighted by Crippen LogP contribution is -2.22. The monoisotopic (exact) mass is 338 g/mol. The smallest absolute Gasteiger partial charge is 0.270 e. The lowest BCUT2D eigenvalue weighted by atomic mass is 10.1. The average Bonchev–Trinajstić information content (AvgIpc) is 3.09. The first-order valence-electron chi connectivity index (χ1n) is 7.45. The molecule has 8 nitrogen and oxygen atoms in total. The number of amides is 1. The Morgan fingerprint density at radius 3 is 2.72 bits per heavy atom. The average molecular weight is 338 g/mol. The van der Waals surface area contributed by atoms with E-state index in [1.54, 1.807) is 24.3 Å². The number of aryl methyl sites for hydroxylation is 1. The molecule has 1 aromatic heterocycles. The van der Waals surface area contributed by atoms with Gasteiger partial charge in [0, 0.05) is 23.3 Å². The van der Waals surface area contributed by atoms with Crippen molar-refractivity contribution in [2.75, 3.05) is 0 Å². The lowest BCUT2D eigenvalue weighted by molar-refractivity contribution is -0.384. The molecular formula is C17H14N4O4. The van der Waals surface area contributed by atoms with Crippen LogP contribution in [-0.2, 0) is 6.54 Å². The molecule has 1 N–H and O–H groups in total. The van der Waals surface area contributed by atoms with Gasteiger partial charge in [0.15, 0.2) is 0 Å². The van der Waals surface area contributed by atoms with E-state index in [-0.39, 0.29) is 29.9 Å². The molecule has 0 unspecified atom stereocenters. The maximum atomic E-state index is 12.0. The third-order valence-electron chi connectivity index (χ3n) is 3.50. The largest absolute Gasteiger partial charge is 0.343 e. The Bertz CT molecular complexity index is 918. The van der Waals surface area contributed by atoms with Crippen molar-refractivity contribution in [2.24, 2.45) is 0 Å². The van der Waals surface area contributed by atoms with Crippen LogP contribution in [-0.4, -0.2) is 21.0 Å². The molecule has 3 aromatic rings. The van der Waals surface area contributed by atoms with Crippen LogP contribution < -0.4 is 5.32 Å². The van der Waals surface area contributed by atoms with Gasteiger partial charge in [0.25, 0.3) is 11.6 Å². The van der Waals surface area contributed by atoms with Gasteiger partial charge in [0.05, 0.1) is 11.5 Å². The molecule has 126 valence electrons. The molecule has 25 heavy (non-hydrogen) atoms. The normalized spacial score (nSPS) is 10.4. The van der Waals surface area contributed by atoms with Crippen molar-refractivity contribution in [1.82, 2.24) is 15.5 Å². The molecule has 0 aliphatic carbocycles. The first kappa shape index (κ1) is 16.3. The number of nitro groups is 1. The maximum Gasteiger partial charge on any atom is 0.270 e. The van der Waals surface area contributed by atoms with Crippen LogP contribution >= 0.6 is 0 Å². The van der Waals surface area contributed by atoms with Gasteiger partial charge >= 0.3 is 0 Å². The molecule has 1 heterocycles. The van der Waals surface area contributed by atoms with Crippen LogP contribution in [0.15, 0.2) is 53.1 Å². The SMILES string of the molecule is Cc1ccc(C(=O)NCc2nc(-c3cccc([N+](=O)[O-])c3)no2)cc1. The van der Waals surface area contributed by atoms with E-state index in [0.29, 0.717) is 11.1 Å². The van der Waals surface area contributed by atoms with Gasteiger partial charge in [0.2, 0.25) is 11.7 Å². The van der Waals surface area contributed by atoms with Crippen LogP contribution in [0.5, 0.6) is 0 Å². The second-order valence-corrected chi connectivity index (χ2v) is 5.37. The zero-order valence-electron chi connectivity index (χ0n) is 13.3. The molecule has 0 saturated carbocycles. The number of aromatic nitrogens is 2. The van der Waals surface area contributed by atoms with Crippen LogP contribution in [0.4, 0.5) is 5.69 Å². The van der Waals surface area contributed by atoms with Crippen molar-refractivity contribution in [3.8, 4) is 11.4 Å². The van der Waals surface area contributed by atoms with Gasteiger partial charge in [0.1, 0.15) is 0 Å². The van der Waals surface area contributed by atoms with Gasteiger partial charge in [-0.2, -0.15) is 4.98 Å². The number of nitrogens with one attached hydrogen (secondary N) is 1. The number of nitro benzene ring substituents is 1. The third-order valence-corrected chi connectivity index (χ3v) is 3.50. The second-order valence-electron chi connectivity index (χ2n) is 5.37. The van der Waals surface area contributed by atoms with Crippen LogP contribution in [0.3, 0.4) is 0 Å². The van der Waals surface area contributed by atoms with Gasteiger partial charge < -0.3 is 9.84 Å². The quantitative estimate of drug-likeness (QED) is 0.565. The van der Waals surface area contributed by atoms with E-state index in [9.17, 15) is 14.9 Å². The molecule has 0 atom stereocenters. The highest BCUT2D eigenvalue weighted by Gasteiger charge is 2.13. The molecule has 0 spiro atoms. The number of non-ortho nitro benzene ring substituents is 1. The summed E-state index contributed by atoms with van der Waals surface area (Å²) in [4.78, 5) is 26.5. The molecular weight excluding hydrogens is 324 g/mol. The number of carbonyl (C=O) groups excluding carboxylic acids is 1. The highest BCUT2D eigenvalue weighted by atomic mass is 16.6. The second kappa shape index (κ2) is 6.91. The Balaban J connectivity index is 1.67. The minimum atomic E-state index is -0.494. The molecule has 8 heteroatoms. The van der Waals surface area contributed by atoms with Crippen LogP contribution in [0.1, 0.15) is 21.8 Å². The zero-order valence-corrected chi connectivity index (χ0v) is 13.3. The summed E-state index contributed by atoms with van der Waals surface area (Å²) < 4.78 is 5.08. The summed E-state index contributed by atoms with van der Waals surface area (Å²) in [5.41, 5.74) is 2.00. The van der Waals surface area contributed by atoms with Crippen LogP contribution in [0, 0.1) is 17.0 Å². The molecule has 0 aliphatic heterocycles. The Hall–Kier alpha value is -3.55. The van der Waals surface area contributed by atoms with Crippen LogP contribution in [0.25, 0.3) is 11.4 Å². The number of carbonyl (C=O) groups is 1. The molecule has 0 radical (unpaired) electrons. The zero-order chi connectivity index (χ0) is 17.8. The Morgan fingerprint density at radius 1 is 1.24 bits per heavy atom. The van der Waals surface area contributed by atoms with E-state index in [0.717, 1.165) is 5.56 Å². The molecule has 0 saturated heterocycles. The van der Waals surface area contributed by atoms with Gasteiger partial charge in [-0.1, -0.05) is 35.0 Å². The summed E-state index contributed by atoms with van der Waals surface area (Å²) in [6, 6.07) is 13.1. The number of nitrogens with zero attached hydrogens (tertiary/aromatic N) is 3. The molecule has 0 aliphatic rings. The van der Waals surface area contributed by atoms with Gasteiger partial charge in [-0.15, -0.1) is 0 Å². The molecule has 1 amide bonds. The number of rotatable bonds is 5. The Kier molecular flexibility index (Phi) is 4.51. The van der Waals surface area contributed by atoms with Crippen molar-refractivity contribution in [1.29, 1.82) is 0 Å². The van der Waals surface area contributed by atoms with E-state index >= 15 is 0 Å². The number of benzene rings is 2. The predicted octanol–water partition coefficient (Wildman–Crippen LogP) is 2.88. The summed E-state index contributed by atoms with van der Waals surface area (Å²) in [6.07, 6.45) is 0. The standard InChI is InChI=1S/C17H14N4O4/c1-11-5-7-12(8-6-11)17(22)18-10-15-19-16(20-25-15)13-3-2-4-14(9-13)21(23)24/h2-9H,10H2,1H3,(H,18,22). The van der Waals surface area contributed by atoms with E-state index in [1.165, 1.54) is 12.1 Å². The first-order chi connectivity index (χ1) is 12.0. The molecule has 2 aromatic carbocycles. The van der Waals surface area contributed by atoms with E-state index in [4.69, 9.17) is 4.52 Å². The summed E-state index contributed by atoms with van der Waals surface area (Å²) in [6.45, 7) is 2.00. The first-order valence-corrected chi connectivity index (χ1v) is 7.45. The Labute approximate surface area is 142 Å². The summed E-state index contributed by atoms with van der Waals surface area (Å²) in [5.74, 6) is 0.181. The summed E-state index contributed by atoms with van der Waals surface area (Å²) in [5, 5.41) is 17.3. The number of hydrogen-bond acceptors (Lipinski definition) is 6. The predicted molar refractivity (Wildman–Crippen MR) is 88.7 cm³/mol. The van der Waals surface area contributed by atoms with E-state index in [2.05, 4.69) is 15.5 Å². The fourth-order valence-corrected chi connectivity index (χ4v) is 2.17. The fraction of sp³-hybridized carbons (Fsp3) is 0.118. The molecule has 0 fully saturated rings. The fourth-order valence-electron chi connectivity index (χ4n) is 2.17. The van der Waals surface area contributed by atoms with Crippen molar-refractivity contribution in [3.63, 3.8) is 0 Å². The molecule has 0 bridgehead atoms. The Morgan fingerprint density at radius 2 is 2.00 bits per heavy atom. The minimum Gasteiger partial charge on any atom is -0.343 e. The van der Waals surface area contributed by atoms with Crippen molar-refractivity contribution in [2.45, 2.75) is 13.5 Å². The topological polar surface area (TPSA) is 111 Å². The summed E-state index contributed by atoms with van der Waals surface area (Å²) >= 11 is 0. The van der Waals surface area contributed by atoms with Gasteiger partial charge in [-0.25, -0.2) is 0 Å². The minimum absolute atomic E-state index is 0.0588. The van der Waals surface area contributed by atoms with Gasteiger partial charge in [-0.3, -0.25) is 14.9 Å². The highest BCUT2D eigenvalue weighted by molar-refractivity contribution is 5.94. The van der Waals surface area contributed by atoms with Crippen molar-refractivity contribution in [3.05, 3.63) is 75.7 Å². The van der Waals surface area contributed by atoms with Crippen molar-refractivity contribution < 1.29 is 14.2 Å². The third kappa shape index (κ3) is 3.86. The maximum absolute atomic E-state index is 12.0. The summed E-state index contributed by atoms with van der Waals surface area (Å²) in [7, 11) is 0. The highest BCUT2D eigenvalue weighted by Crippen LogP contribution is 2.21. The number of hydrogen-bond donors (Lipinski definition) is 1. The molecule has 3 rings (SSSR count). The lowest BCUT2D eigenvalue weighted by Gasteiger charge is -2.02. The van der Waals surface area contributed by atoms with Crippen LogP contribution in [0.2, 0.25) is 0 Å².